The normalized spacial score (nSPS) is 15.1. The van der Waals surface area contributed by atoms with Gasteiger partial charge >= 0.3 is 5.97 Å². The zero-order chi connectivity index (χ0) is 20.8. The molecule has 9 nitrogen and oxygen atoms in total. The summed E-state index contributed by atoms with van der Waals surface area (Å²) >= 11 is 4.04. The van der Waals surface area contributed by atoms with Crippen molar-refractivity contribution in [3.8, 4) is 11.5 Å². The molecule has 0 aromatic heterocycles. The summed E-state index contributed by atoms with van der Waals surface area (Å²) in [7, 11) is 1.42. The molecular weight excluding hydrogens is 456 g/mol. The van der Waals surface area contributed by atoms with Crippen molar-refractivity contribution in [2.45, 2.75) is 6.92 Å². The van der Waals surface area contributed by atoms with Gasteiger partial charge in [0.25, 0.3) is 11.1 Å². The molecule has 2 rings (SSSR count). The smallest absolute Gasteiger partial charge is 0.344 e. The maximum atomic E-state index is 12.3. The second-order valence-corrected chi connectivity index (χ2v) is 7.21. The van der Waals surface area contributed by atoms with Crippen LogP contribution in [-0.4, -0.2) is 54.8 Å². The molecule has 0 spiro atoms. The van der Waals surface area contributed by atoms with Gasteiger partial charge < -0.3 is 19.9 Å². The largest absolute Gasteiger partial charge is 0.493 e. The number of rotatable bonds is 8. The minimum Gasteiger partial charge on any atom is -0.493 e. The fourth-order valence-electron chi connectivity index (χ4n) is 2.24. The van der Waals surface area contributed by atoms with E-state index in [4.69, 9.17) is 19.9 Å². The van der Waals surface area contributed by atoms with Crippen LogP contribution in [-0.2, 0) is 19.1 Å². The first-order valence-electron chi connectivity index (χ1n) is 7.96. The minimum atomic E-state index is -0.781. The van der Waals surface area contributed by atoms with Crippen molar-refractivity contribution in [2.24, 2.45) is 5.73 Å². The summed E-state index contributed by atoms with van der Waals surface area (Å²) in [6.07, 6.45) is 1.48. The zero-order valence-electron chi connectivity index (χ0n) is 15.0. The Morgan fingerprint density at radius 2 is 2.04 bits per heavy atom. The highest BCUT2D eigenvalue weighted by atomic mass is 79.9. The van der Waals surface area contributed by atoms with Crippen LogP contribution in [0.15, 0.2) is 21.5 Å². The average Bonchev–Trinajstić information content (AvgIpc) is 2.87. The summed E-state index contributed by atoms with van der Waals surface area (Å²) in [5.41, 5.74) is 5.59. The van der Waals surface area contributed by atoms with Crippen LogP contribution in [0.2, 0.25) is 0 Å². The fourth-order valence-corrected chi connectivity index (χ4v) is 3.65. The Hall–Kier alpha value is -2.53. The van der Waals surface area contributed by atoms with Crippen LogP contribution >= 0.6 is 27.7 Å². The third-order valence-corrected chi connectivity index (χ3v) is 4.87. The molecule has 0 aliphatic carbocycles. The number of carbonyl (C=O) groups excluding carboxylic acids is 4. The first-order chi connectivity index (χ1) is 13.3. The van der Waals surface area contributed by atoms with Crippen molar-refractivity contribution in [2.75, 3.05) is 26.9 Å². The molecule has 1 aromatic carbocycles. The molecule has 0 bridgehead atoms. The van der Waals surface area contributed by atoms with Gasteiger partial charge in [-0.05, 0) is 58.4 Å². The van der Waals surface area contributed by atoms with Crippen LogP contribution in [0.25, 0.3) is 6.08 Å². The van der Waals surface area contributed by atoms with Crippen LogP contribution in [0.4, 0.5) is 4.79 Å². The van der Waals surface area contributed by atoms with Crippen LogP contribution in [0.3, 0.4) is 0 Å². The molecule has 28 heavy (non-hydrogen) atoms. The Morgan fingerprint density at radius 1 is 1.32 bits per heavy atom. The number of methoxy groups -OCH3 is 1. The van der Waals surface area contributed by atoms with Gasteiger partial charge in [0.2, 0.25) is 5.91 Å². The van der Waals surface area contributed by atoms with E-state index in [1.165, 1.54) is 13.2 Å². The second kappa shape index (κ2) is 9.60. The molecule has 1 aromatic rings. The molecule has 150 valence electrons. The molecule has 0 unspecified atom stereocenters. The third-order valence-electron chi connectivity index (χ3n) is 3.38. The molecule has 1 aliphatic heterocycles. The van der Waals surface area contributed by atoms with Crippen molar-refractivity contribution < 1.29 is 33.4 Å². The highest BCUT2D eigenvalue weighted by Gasteiger charge is 2.35. The number of thioether (sulfide) groups is 1. The molecule has 1 fully saturated rings. The van der Waals surface area contributed by atoms with Crippen LogP contribution in [0.5, 0.6) is 11.5 Å². The lowest BCUT2D eigenvalue weighted by Crippen LogP contribution is -2.36. The molecule has 3 amide bonds. The summed E-state index contributed by atoms with van der Waals surface area (Å²) in [6, 6.07) is 3.21. The fraction of sp³-hybridized carbons (Fsp3) is 0.294. The molecule has 0 saturated carbocycles. The first kappa shape index (κ1) is 21.8. The molecule has 1 heterocycles. The van der Waals surface area contributed by atoms with Gasteiger partial charge in [0.05, 0.1) is 23.1 Å². The van der Waals surface area contributed by atoms with E-state index < -0.39 is 29.6 Å². The van der Waals surface area contributed by atoms with Crippen LogP contribution < -0.4 is 15.2 Å². The maximum Gasteiger partial charge on any atom is 0.344 e. The van der Waals surface area contributed by atoms with E-state index in [0.717, 1.165) is 4.90 Å². The number of hydrogen-bond donors (Lipinski definition) is 1. The Kier molecular flexibility index (Phi) is 7.46. The Morgan fingerprint density at radius 3 is 2.64 bits per heavy atom. The van der Waals surface area contributed by atoms with E-state index in [1.807, 2.05) is 0 Å². The number of carbonyl (C=O) groups is 4. The standard InChI is InChI=1S/C17H17BrN2O7S/c1-3-26-14(22)8-27-15-10(18)4-9(5-11(15)25-2)6-12-16(23)20(7-13(19)21)17(24)28-12/h4-6H,3,7-8H2,1-2H3,(H2,19,21)/b12-6-. The number of primary amides is 1. The number of amides is 3. The molecular formula is C17H17BrN2O7S. The third kappa shape index (κ3) is 5.26. The number of benzene rings is 1. The van der Waals surface area contributed by atoms with Crippen molar-refractivity contribution in [1.29, 1.82) is 0 Å². The maximum absolute atomic E-state index is 12.3. The number of esters is 1. The molecule has 1 aliphatic rings. The quantitative estimate of drug-likeness (QED) is 0.449. The second-order valence-electron chi connectivity index (χ2n) is 5.36. The molecule has 11 heteroatoms. The molecule has 1 saturated heterocycles. The summed E-state index contributed by atoms with van der Waals surface area (Å²) in [5.74, 6) is -1.32. The van der Waals surface area contributed by atoms with Gasteiger partial charge in [0, 0.05) is 0 Å². The summed E-state index contributed by atoms with van der Waals surface area (Å²) in [4.78, 5) is 47.6. The number of nitrogens with zero attached hydrogens (tertiary/aromatic N) is 1. The Balaban J connectivity index is 2.25. The van der Waals surface area contributed by atoms with Crippen molar-refractivity contribution >= 4 is 56.8 Å². The van der Waals surface area contributed by atoms with E-state index in [-0.39, 0.29) is 23.9 Å². The molecule has 0 radical (unpaired) electrons. The Labute approximate surface area is 173 Å². The van der Waals surface area contributed by atoms with Gasteiger partial charge in [-0.2, -0.15) is 0 Å². The monoisotopic (exact) mass is 472 g/mol. The Bertz CT molecular complexity index is 856. The number of halogens is 1. The van der Waals surface area contributed by atoms with Crippen LogP contribution in [0, 0.1) is 0 Å². The van der Waals surface area contributed by atoms with Gasteiger partial charge in [0.15, 0.2) is 18.1 Å². The van der Waals surface area contributed by atoms with Gasteiger partial charge in [-0.1, -0.05) is 0 Å². The summed E-state index contributed by atoms with van der Waals surface area (Å²) in [6.45, 7) is 1.16. The number of ether oxygens (including phenoxy) is 3. The highest BCUT2D eigenvalue weighted by Crippen LogP contribution is 2.39. The SMILES string of the molecule is CCOC(=O)COc1c(Br)cc(/C=C2\SC(=O)N(CC(N)=O)C2=O)cc1OC. The predicted octanol–water partition coefficient (Wildman–Crippen LogP) is 1.92. The van der Waals surface area contributed by atoms with Crippen molar-refractivity contribution in [1.82, 2.24) is 4.90 Å². The number of hydrogen-bond acceptors (Lipinski definition) is 8. The van der Waals surface area contributed by atoms with Gasteiger partial charge in [-0.15, -0.1) is 0 Å². The predicted molar refractivity (Wildman–Crippen MR) is 105 cm³/mol. The molecule has 2 N–H and O–H groups in total. The minimum absolute atomic E-state index is 0.139. The number of nitrogens with two attached hydrogens (primary N) is 1. The highest BCUT2D eigenvalue weighted by molar-refractivity contribution is 9.10. The molecule has 0 atom stereocenters. The van der Waals surface area contributed by atoms with E-state index >= 15 is 0 Å². The van der Waals surface area contributed by atoms with Gasteiger partial charge in [0.1, 0.15) is 6.54 Å². The lowest BCUT2D eigenvalue weighted by molar-refractivity contribution is -0.145. The zero-order valence-corrected chi connectivity index (χ0v) is 17.4. The van der Waals surface area contributed by atoms with Crippen molar-refractivity contribution in [3.05, 3.63) is 27.1 Å². The van der Waals surface area contributed by atoms with Gasteiger partial charge in [-0.3, -0.25) is 19.3 Å². The first-order valence-corrected chi connectivity index (χ1v) is 9.57. The van der Waals surface area contributed by atoms with E-state index in [0.29, 0.717) is 27.5 Å². The summed E-state index contributed by atoms with van der Waals surface area (Å²) in [5, 5.41) is -0.574. The van der Waals surface area contributed by atoms with Crippen molar-refractivity contribution in [3.63, 3.8) is 0 Å². The summed E-state index contributed by atoms with van der Waals surface area (Å²) < 4.78 is 16.0. The lowest BCUT2D eigenvalue weighted by atomic mass is 10.2. The van der Waals surface area contributed by atoms with Crippen LogP contribution in [0.1, 0.15) is 12.5 Å². The van der Waals surface area contributed by atoms with E-state index in [1.54, 1.807) is 19.1 Å². The lowest BCUT2D eigenvalue weighted by Gasteiger charge is -2.13. The average molecular weight is 473 g/mol. The topological polar surface area (TPSA) is 125 Å². The van der Waals surface area contributed by atoms with Gasteiger partial charge in [-0.25, -0.2) is 4.79 Å². The number of imide groups is 1. The van der Waals surface area contributed by atoms with E-state index in [2.05, 4.69) is 15.9 Å². The van der Waals surface area contributed by atoms with E-state index in [9.17, 15) is 19.2 Å².